The van der Waals surface area contributed by atoms with Gasteiger partial charge in [-0.3, -0.25) is 9.36 Å². The number of methoxy groups -OCH3 is 2. The lowest BCUT2D eigenvalue weighted by molar-refractivity contribution is -0.120. The van der Waals surface area contributed by atoms with E-state index in [1.807, 2.05) is 18.3 Å². The molecule has 0 bridgehead atoms. The molecule has 0 spiro atoms. The zero-order chi connectivity index (χ0) is 20.9. The largest absolute Gasteiger partial charge is 0.497 e. The number of benzene rings is 1. The molecule has 1 amide bonds. The quantitative estimate of drug-likeness (QED) is 0.670. The topological polar surface area (TPSA) is 94.4 Å². The number of carbonyl (C=O) groups is 1. The smallest absolute Gasteiger partial charge is 0.229 e. The van der Waals surface area contributed by atoms with Crippen LogP contribution >= 0.6 is 0 Å². The molecule has 0 radical (unpaired) electrons. The summed E-state index contributed by atoms with van der Waals surface area (Å²) in [6.45, 7) is 1.43. The number of anilines is 2. The van der Waals surface area contributed by atoms with E-state index < -0.39 is 0 Å². The maximum absolute atomic E-state index is 12.9. The van der Waals surface area contributed by atoms with Crippen LogP contribution in [-0.4, -0.2) is 53.0 Å². The van der Waals surface area contributed by atoms with E-state index in [1.165, 1.54) is 0 Å². The fourth-order valence-electron chi connectivity index (χ4n) is 3.54. The van der Waals surface area contributed by atoms with E-state index in [2.05, 4.69) is 25.4 Å². The number of aromatic nitrogens is 4. The van der Waals surface area contributed by atoms with Gasteiger partial charge in [-0.05, 0) is 25.0 Å². The van der Waals surface area contributed by atoms with Gasteiger partial charge in [0, 0.05) is 49.4 Å². The Kier molecular flexibility index (Phi) is 5.78. The van der Waals surface area contributed by atoms with Gasteiger partial charge in [-0.25, -0.2) is 4.98 Å². The first-order valence-corrected chi connectivity index (χ1v) is 9.77. The highest BCUT2D eigenvalue weighted by molar-refractivity contribution is 5.93. The van der Waals surface area contributed by atoms with Crippen molar-refractivity contribution in [2.45, 2.75) is 12.8 Å². The third-order valence-corrected chi connectivity index (χ3v) is 5.14. The van der Waals surface area contributed by atoms with Crippen LogP contribution in [0.1, 0.15) is 12.8 Å². The van der Waals surface area contributed by atoms with Gasteiger partial charge in [0.05, 0.1) is 20.1 Å². The summed E-state index contributed by atoms with van der Waals surface area (Å²) in [4.78, 5) is 19.0. The molecule has 1 aliphatic rings. The molecule has 0 saturated carbocycles. The molecule has 1 aromatic carbocycles. The molecule has 1 unspecified atom stereocenters. The fourth-order valence-corrected chi connectivity index (χ4v) is 3.54. The van der Waals surface area contributed by atoms with E-state index in [0.29, 0.717) is 29.5 Å². The molecule has 156 valence electrons. The van der Waals surface area contributed by atoms with Crippen molar-refractivity contribution in [2.24, 2.45) is 5.92 Å². The number of hydrogen-bond donors (Lipinski definition) is 1. The van der Waals surface area contributed by atoms with Gasteiger partial charge < -0.3 is 19.7 Å². The van der Waals surface area contributed by atoms with Crippen LogP contribution in [-0.2, 0) is 4.79 Å². The number of amides is 1. The molecule has 3 heterocycles. The van der Waals surface area contributed by atoms with Crippen LogP contribution in [0.4, 0.5) is 11.5 Å². The summed E-state index contributed by atoms with van der Waals surface area (Å²) in [6.07, 6.45) is 6.92. The molecule has 30 heavy (non-hydrogen) atoms. The highest BCUT2D eigenvalue weighted by Gasteiger charge is 2.27. The lowest BCUT2D eigenvalue weighted by atomic mass is 9.97. The SMILES string of the molecule is COc1cc(NC(=O)C2CCCN(c3ccc(-n4ccnc4)nn3)C2)cc(OC)c1. The molecule has 3 aromatic rings. The molecular weight excluding hydrogens is 384 g/mol. The molecule has 1 saturated heterocycles. The second-order valence-electron chi connectivity index (χ2n) is 7.10. The number of nitrogens with zero attached hydrogens (tertiary/aromatic N) is 5. The first-order chi connectivity index (χ1) is 14.7. The molecule has 9 nitrogen and oxygen atoms in total. The average Bonchev–Trinajstić information content (AvgIpc) is 3.34. The third-order valence-electron chi connectivity index (χ3n) is 5.14. The Labute approximate surface area is 174 Å². The zero-order valence-electron chi connectivity index (χ0n) is 17.0. The van der Waals surface area contributed by atoms with E-state index >= 15 is 0 Å². The highest BCUT2D eigenvalue weighted by atomic mass is 16.5. The second-order valence-corrected chi connectivity index (χ2v) is 7.10. The number of ether oxygens (including phenoxy) is 2. The first-order valence-electron chi connectivity index (χ1n) is 9.77. The monoisotopic (exact) mass is 408 g/mol. The Morgan fingerprint density at radius 2 is 1.83 bits per heavy atom. The predicted octanol–water partition coefficient (Wildman–Crippen LogP) is 2.53. The van der Waals surface area contributed by atoms with Crippen LogP contribution in [0.15, 0.2) is 49.1 Å². The maximum Gasteiger partial charge on any atom is 0.229 e. The van der Waals surface area contributed by atoms with Crippen LogP contribution in [0.3, 0.4) is 0 Å². The molecule has 1 aliphatic heterocycles. The Balaban J connectivity index is 1.43. The third kappa shape index (κ3) is 4.35. The number of imidazole rings is 1. The van der Waals surface area contributed by atoms with Gasteiger partial charge >= 0.3 is 0 Å². The van der Waals surface area contributed by atoms with Gasteiger partial charge in [0.15, 0.2) is 11.6 Å². The minimum atomic E-state index is -0.147. The molecule has 1 N–H and O–H groups in total. The molecule has 9 heteroatoms. The molecule has 4 rings (SSSR count). The Morgan fingerprint density at radius 3 is 2.47 bits per heavy atom. The standard InChI is InChI=1S/C21H24N6O3/c1-29-17-10-16(11-18(12-17)30-2)23-21(28)15-4-3-8-26(13-15)19-5-6-20(25-24-19)27-9-7-22-14-27/h5-7,9-12,14-15H,3-4,8,13H2,1-2H3,(H,23,28). The van der Waals surface area contributed by atoms with E-state index in [0.717, 1.165) is 25.2 Å². The van der Waals surface area contributed by atoms with Crippen LogP contribution < -0.4 is 19.7 Å². The molecule has 0 aliphatic carbocycles. The highest BCUT2D eigenvalue weighted by Crippen LogP contribution is 2.27. The summed E-state index contributed by atoms with van der Waals surface area (Å²) in [5.74, 6) is 2.55. The minimum Gasteiger partial charge on any atom is -0.497 e. The molecule has 2 aromatic heterocycles. The van der Waals surface area contributed by atoms with Gasteiger partial charge in [-0.15, -0.1) is 10.2 Å². The second kappa shape index (κ2) is 8.81. The van der Waals surface area contributed by atoms with Gasteiger partial charge in [0.2, 0.25) is 5.91 Å². The van der Waals surface area contributed by atoms with E-state index in [-0.39, 0.29) is 11.8 Å². The van der Waals surface area contributed by atoms with E-state index in [9.17, 15) is 4.79 Å². The first kappa shape index (κ1) is 19.7. The van der Waals surface area contributed by atoms with Gasteiger partial charge in [-0.2, -0.15) is 0 Å². The summed E-state index contributed by atoms with van der Waals surface area (Å²) in [7, 11) is 3.16. The average molecular weight is 408 g/mol. The number of rotatable bonds is 6. The predicted molar refractivity (Wildman–Crippen MR) is 112 cm³/mol. The molecule has 1 fully saturated rings. The van der Waals surface area contributed by atoms with Crippen molar-refractivity contribution in [3.05, 3.63) is 49.1 Å². The minimum absolute atomic E-state index is 0.0296. The summed E-state index contributed by atoms with van der Waals surface area (Å²) in [6, 6.07) is 9.15. The Morgan fingerprint density at radius 1 is 1.10 bits per heavy atom. The Hall–Kier alpha value is -3.62. The summed E-state index contributed by atoms with van der Waals surface area (Å²) >= 11 is 0. The number of carbonyl (C=O) groups excluding carboxylic acids is 1. The number of piperidine rings is 1. The van der Waals surface area contributed by atoms with Crippen molar-refractivity contribution in [3.8, 4) is 17.3 Å². The van der Waals surface area contributed by atoms with Crippen molar-refractivity contribution >= 4 is 17.4 Å². The van der Waals surface area contributed by atoms with Crippen molar-refractivity contribution in [1.82, 2.24) is 19.7 Å². The summed E-state index contributed by atoms with van der Waals surface area (Å²) in [5, 5.41) is 11.6. The Bertz CT molecular complexity index is 968. The summed E-state index contributed by atoms with van der Waals surface area (Å²) < 4.78 is 12.3. The lowest BCUT2D eigenvalue weighted by Gasteiger charge is -2.32. The van der Waals surface area contributed by atoms with Crippen LogP contribution in [0, 0.1) is 5.92 Å². The van der Waals surface area contributed by atoms with Crippen LogP contribution in [0.5, 0.6) is 11.5 Å². The molecular formula is C21H24N6O3. The van der Waals surface area contributed by atoms with Gasteiger partial charge in [0.25, 0.3) is 0 Å². The molecule has 1 atom stereocenters. The van der Waals surface area contributed by atoms with Crippen molar-refractivity contribution in [2.75, 3.05) is 37.5 Å². The number of nitrogens with one attached hydrogen (secondary N) is 1. The van der Waals surface area contributed by atoms with Crippen molar-refractivity contribution < 1.29 is 14.3 Å². The van der Waals surface area contributed by atoms with Gasteiger partial charge in [0.1, 0.15) is 17.8 Å². The maximum atomic E-state index is 12.9. The normalized spacial score (nSPS) is 16.2. The lowest BCUT2D eigenvalue weighted by Crippen LogP contribution is -2.41. The van der Waals surface area contributed by atoms with Gasteiger partial charge in [-0.1, -0.05) is 0 Å². The number of hydrogen-bond acceptors (Lipinski definition) is 7. The fraction of sp³-hybridized carbons (Fsp3) is 0.333. The summed E-state index contributed by atoms with van der Waals surface area (Å²) in [5.41, 5.74) is 0.651. The van der Waals surface area contributed by atoms with Crippen molar-refractivity contribution in [3.63, 3.8) is 0 Å². The van der Waals surface area contributed by atoms with E-state index in [4.69, 9.17) is 9.47 Å². The van der Waals surface area contributed by atoms with Crippen LogP contribution in [0.2, 0.25) is 0 Å². The van der Waals surface area contributed by atoms with Crippen molar-refractivity contribution in [1.29, 1.82) is 0 Å². The van der Waals surface area contributed by atoms with E-state index in [1.54, 1.807) is 49.5 Å². The zero-order valence-corrected chi connectivity index (χ0v) is 17.0. The van der Waals surface area contributed by atoms with Crippen LogP contribution in [0.25, 0.3) is 5.82 Å².